The summed E-state index contributed by atoms with van der Waals surface area (Å²) in [5.74, 6) is 0.320. The van der Waals surface area contributed by atoms with Crippen LogP contribution >= 0.6 is 15.9 Å². The summed E-state index contributed by atoms with van der Waals surface area (Å²) in [6.07, 6.45) is 1.57. The van der Waals surface area contributed by atoms with Crippen molar-refractivity contribution in [2.45, 2.75) is 18.7 Å². The predicted octanol–water partition coefficient (Wildman–Crippen LogP) is 3.26. The summed E-state index contributed by atoms with van der Waals surface area (Å²) in [5.41, 5.74) is 1.81. The summed E-state index contributed by atoms with van der Waals surface area (Å²) in [7, 11) is -3.60. The van der Waals surface area contributed by atoms with Crippen LogP contribution in [0.4, 0.5) is 5.82 Å². The Morgan fingerprint density at radius 1 is 1.16 bits per heavy atom. The zero-order valence-corrected chi connectivity index (χ0v) is 12.9. The number of nitrogens with one attached hydrogen (secondary N) is 1. The Hall–Kier alpha value is -1.40. The Bertz CT molecular complexity index is 714. The number of anilines is 1. The van der Waals surface area contributed by atoms with Gasteiger partial charge in [0.25, 0.3) is 10.0 Å². The van der Waals surface area contributed by atoms with Crippen LogP contribution in [-0.4, -0.2) is 13.4 Å². The van der Waals surface area contributed by atoms with Gasteiger partial charge in [-0.05, 0) is 55.3 Å². The molecule has 2 rings (SSSR count). The van der Waals surface area contributed by atoms with Gasteiger partial charge in [0, 0.05) is 10.7 Å². The molecule has 0 spiro atoms. The summed E-state index contributed by atoms with van der Waals surface area (Å²) in [6, 6.07) is 8.37. The monoisotopic (exact) mass is 340 g/mol. The van der Waals surface area contributed by atoms with E-state index in [1.165, 1.54) is 0 Å². The first-order valence-electron chi connectivity index (χ1n) is 5.60. The van der Waals surface area contributed by atoms with Gasteiger partial charge >= 0.3 is 0 Å². The van der Waals surface area contributed by atoms with Crippen LogP contribution in [-0.2, 0) is 10.0 Å². The van der Waals surface area contributed by atoms with Crippen molar-refractivity contribution >= 4 is 31.8 Å². The lowest BCUT2D eigenvalue weighted by Crippen LogP contribution is -2.14. The molecule has 2 aromatic rings. The quantitative estimate of drug-likeness (QED) is 0.932. The number of hydrogen-bond donors (Lipinski definition) is 1. The molecule has 0 aliphatic rings. The Kier molecular flexibility index (Phi) is 3.91. The van der Waals surface area contributed by atoms with Crippen molar-refractivity contribution in [3.63, 3.8) is 0 Å². The van der Waals surface area contributed by atoms with E-state index in [4.69, 9.17) is 0 Å². The highest BCUT2D eigenvalue weighted by atomic mass is 79.9. The fourth-order valence-electron chi connectivity index (χ4n) is 1.57. The first-order valence-corrected chi connectivity index (χ1v) is 7.88. The highest BCUT2D eigenvalue weighted by molar-refractivity contribution is 9.10. The van der Waals surface area contributed by atoms with Crippen molar-refractivity contribution in [1.29, 1.82) is 0 Å². The zero-order chi connectivity index (χ0) is 14.0. The Labute approximate surface area is 121 Å². The van der Waals surface area contributed by atoms with Crippen molar-refractivity contribution in [2.75, 3.05) is 4.72 Å². The number of nitrogens with zero attached hydrogens (tertiary/aromatic N) is 1. The topological polar surface area (TPSA) is 59.1 Å². The zero-order valence-electron chi connectivity index (χ0n) is 10.5. The van der Waals surface area contributed by atoms with Crippen molar-refractivity contribution < 1.29 is 8.42 Å². The first kappa shape index (κ1) is 14.0. The molecular weight excluding hydrogens is 328 g/mol. The molecule has 19 heavy (non-hydrogen) atoms. The number of sulfonamides is 1. The predicted molar refractivity (Wildman–Crippen MR) is 78.7 cm³/mol. The van der Waals surface area contributed by atoms with Crippen LogP contribution in [0.3, 0.4) is 0 Å². The van der Waals surface area contributed by atoms with Gasteiger partial charge in [0.1, 0.15) is 5.82 Å². The molecule has 1 aromatic heterocycles. The third-order valence-electron chi connectivity index (χ3n) is 2.59. The van der Waals surface area contributed by atoms with Gasteiger partial charge in [0.15, 0.2) is 0 Å². The molecule has 0 bridgehead atoms. The molecule has 0 atom stereocenters. The first-order chi connectivity index (χ1) is 8.88. The minimum atomic E-state index is -3.60. The molecule has 0 fully saturated rings. The maximum atomic E-state index is 12.2. The van der Waals surface area contributed by atoms with Crippen LogP contribution in [0.15, 0.2) is 45.9 Å². The number of hydrogen-bond acceptors (Lipinski definition) is 3. The van der Waals surface area contributed by atoms with Crippen molar-refractivity contribution in [3.8, 4) is 0 Å². The fraction of sp³-hybridized carbons (Fsp3) is 0.154. The van der Waals surface area contributed by atoms with E-state index < -0.39 is 10.0 Å². The molecule has 1 aromatic carbocycles. The summed E-state index contributed by atoms with van der Waals surface area (Å²) in [5, 5.41) is 0. The van der Waals surface area contributed by atoms with Crippen molar-refractivity contribution in [2.24, 2.45) is 0 Å². The summed E-state index contributed by atoms with van der Waals surface area (Å²) in [4.78, 5) is 4.21. The number of aromatic nitrogens is 1. The van der Waals surface area contributed by atoms with Crippen LogP contribution in [0.2, 0.25) is 0 Å². The molecule has 0 aliphatic carbocycles. The molecule has 1 N–H and O–H groups in total. The number of rotatable bonds is 3. The molecule has 0 saturated heterocycles. The van der Waals surface area contributed by atoms with E-state index in [9.17, 15) is 8.42 Å². The second-order valence-electron chi connectivity index (χ2n) is 4.23. The van der Waals surface area contributed by atoms with Crippen molar-refractivity contribution in [3.05, 3.63) is 52.1 Å². The highest BCUT2D eigenvalue weighted by Crippen LogP contribution is 2.21. The SMILES string of the molecule is Cc1ccnc(NS(=O)(=O)c2ccc(Br)c(C)c2)c1. The number of benzene rings is 1. The van der Waals surface area contributed by atoms with E-state index >= 15 is 0 Å². The van der Waals surface area contributed by atoms with Crippen molar-refractivity contribution in [1.82, 2.24) is 4.98 Å². The van der Waals surface area contributed by atoms with Gasteiger partial charge in [-0.25, -0.2) is 13.4 Å². The molecule has 4 nitrogen and oxygen atoms in total. The van der Waals surface area contributed by atoms with E-state index in [2.05, 4.69) is 25.6 Å². The average Bonchev–Trinajstić information content (AvgIpc) is 2.32. The lowest BCUT2D eigenvalue weighted by molar-refractivity contribution is 0.601. The molecule has 0 aliphatic heterocycles. The molecule has 6 heteroatoms. The third kappa shape index (κ3) is 3.33. The molecule has 0 amide bonds. The summed E-state index contributed by atoms with van der Waals surface area (Å²) >= 11 is 3.34. The van der Waals surface area contributed by atoms with E-state index in [-0.39, 0.29) is 4.90 Å². The average molecular weight is 341 g/mol. The molecular formula is C13H13BrN2O2S. The third-order valence-corrected chi connectivity index (χ3v) is 4.84. The number of aryl methyl sites for hydroxylation is 2. The fourth-order valence-corrected chi connectivity index (χ4v) is 2.90. The number of halogens is 1. The van der Waals surface area contributed by atoms with E-state index in [1.54, 1.807) is 30.5 Å². The number of pyridine rings is 1. The van der Waals surface area contributed by atoms with Crippen LogP contribution in [0.5, 0.6) is 0 Å². The maximum absolute atomic E-state index is 12.2. The van der Waals surface area contributed by atoms with Gasteiger partial charge in [0.2, 0.25) is 0 Å². The normalized spacial score (nSPS) is 11.3. The van der Waals surface area contributed by atoms with Gasteiger partial charge in [-0.2, -0.15) is 0 Å². The van der Waals surface area contributed by atoms with Gasteiger partial charge in [-0.15, -0.1) is 0 Å². The largest absolute Gasteiger partial charge is 0.263 e. The second kappa shape index (κ2) is 5.30. The summed E-state index contributed by atoms with van der Waals surface area (Å²) in [6.45, 7) is 3.72. The van der Waals surface area contributed by atoms with Crippen LogP contribution in [0.25, 0.3) is 0 Å². The lowest BCUT2D eigenvalue weighted by atomic mass is 10.2. The van der Waals surface area contributed by atoms with Crippen LogP contribution in [0, 0.1) is 13.8 Å². The second-order valence-corrected chi connectivity index (χ2v) is 6.77. The highest BCUT2D eigenvalue weighted by Gasteiger charge is 2.15. The molecule has 0 saturated carbocycles. The minimum absolute atomic E-state index is 0.219. The maximum Gasteiger partial charge on any atom is 0.263 e. The molecule has 1 heterocycles. The van der Waals surface area contributed by atoms with E-state index in [1.807, 2.05) is 19.9 Å². The van der Waals surface area contributed by atoms with Gasteiger partial charge in [0.05, 0.1) is 4.90 Å². The Morgan fingerprint density at radius 3 is 2.53 bits per heavy atom. The standard InChI is InChI=1S/C13H13BrN2O2S/c1-9-5-6-15-13(7-9)16-19(17,18)11-3-4-12(14)10(2)8-11/h3-8H,1-2H3,(H,15,16). The summed E-state index contributed by atoms with van der Waals surface area (Å²) < 4.78 is 27.8. The Balaban J connectivity index is 2.35. The lowest BCUT2D eigenvalue weighted by Gasteiger charge is -2.09. The smallest absolute Gasteiger partial charge is 0.263 e. The Morgan fingerprint density at radius 2 is 1.89 bits per heavy atom. The van der Waals surface area contributed by atoms with Gasteiger partial charge in [-0.1, -0.05) is 15.9 Å². The van der Waals surface area contributed by atoms with Gasteiger partial charge in [-0.3, -0.25) is 4.72 Å². The minimum Gasteiger partial charge on any atom is -0.263 e. The van der Waals surface area contributed by atoms with Crippen LogP contribution in [0.1, 0.15) is 11.1 Å². The molecule has 100 valence electrons. The van der Waals surface area contributed by atoms with E-state index in [0.29, 0.717) is 5.82 Å². The molecule has 0 radical (unpaired) electrons. The molecule has 0 unspecified atom stereocenters. The van der Waals surface area contributed by atoms with E-state index in [0.717, 1.165) is 15.6 Å². The van der Waals surface area contributed by atoms with Gasteiger partial charge < -0.3 is 0 Å². The van der Waals surface area contributed by atoms with Crippen LogP contribution < -0.4 is 4.72 Å².